The summed E-state index contributed by atoms with van der Waals surface area (Å²) in [4.78, 5) is 11.5. The van der Waals surface area contributed by atoms with Crippen LogP contribution in [0.15, 0.2) is 60.7 Å². The lowest BCUT2D eigenvalue weighted by molar-refractivity contribution is -0.143. The molecule has 0 aliphatic heterocycles. The average molecular weight is 460 g/mol. The van der Waals surface area contributed by atoms with E-state index in [1.54, 1.807) is 37.3 Å². The Hall–Kier alpha value is -2.81. The highest BCUT2D eigenvalue weighted by Crippen LogP contribution is 2.38. The monoisotopic (exact) mass is 460 g/mol. The summed E-state index contributed by atoms with van der Waals surface area (Å²) in [5.74, 6) is -0.618. The number of methoxy groups -OCH3 is 1. The number of ether oxygens (including phenoxy) is 2. The number of esters is 1. The van der Waals surface area contributed by atoms with Gasteiger partial charge in [0.15, 0.2) is 0 Å². The smallest absolute Gasteiger partial charge is 0.416 e. The van der Waals surface area contributed by atoms with Crippen molar-refractivity contribution in [2.75, 3.05) is 13.7 Å². The fourth-order valence-corrected chi connectivity index (χ4v) is 2.97. The normalized spacial score (nSPS) is 15.4. The molecule has 0 fully saturated rings. The van der Waals surface area contributed by atoms with E-state index in [2.05, 4.69) is 4.74 Å². The van der Waals surface area contributed by atoms with Crippen molar-refractivity contribution < 1.29 is 40.6 Å². The molecule has 0 aromatic heterocycles. The van der Waals surface area contributed by atoms with Crippen molar-refractivity contribution in [3.05, 3.63) is 82.9 Å². The molecule has 2 rings (SSSR count). The molecule has 0 N–H and O–H groups in total. The lowest BCUT2D eigenvalue weighted by Gasteiger charge is -2.29. The zero-order valence-corrected chi connectivity index (χ0v) is 17.6. The van der Waals surface area contributed by atoms with Crippen molar-refractivity contribution in [2.45, 2.75) is 37.7 Å². The Morgan fingerprint density at radius 2 is 1.47 bits per heavy atom. The van der Waals surface area contributed by atoms with E-state index in [0.717, 1.165) is 5.56 Å². The van der Waals surface area contributed by atoms with E-state index in [9.17, 15) is 31.1 Å². The van der Waals surface area contributed by atoms with Crippen LogP contribution in [-0.2, 0) is 32.0 Å². The third-order valence-corrected chi connectivity index (χ3v) is 4.93. The maximum absolute atomic E-state index is 13.1. The second kappa shape index (κ2) is 9.77. The van der Waals surface area contributed by atoms with Crippen LogP contribution < -0.4 is 0 Å². The summed E-state index contributed by atoms with van der Waals surface area (Å²) in [7, 11) is 1.21. The number of carbonyl (C=O) groups is 1. The molecule has 0 aliphatic carbocycles. The number of alkyl halides is 6. The molecule has 2 atom stereocenters. The van der Waals surface area contributed by atoms with Crippen molar-refractivity contribution in [3.63, 3.8) is 0 Å². The molecular formula is C23H22F6O3. The minimum atomic E-state index is -4.95. The molecule has 9 heteroatoms. The van der Waals surface area contributed by atoms with Gasteiger partial charge < -0.3 is 9.47 Å². The van der Waals surface area contributed by atoms with Gasteiger partial charge in [-0.1, -0.05) is 36.4 Å². The van der Waals surface area contributed by atoms with Crippen molar-refractivity contribution in [2.24, 2.45) is 0 Å². The first-order valence-electron chi connectivity index (χ1n) is 9.50. The van der Waals surface area contributed by atoms with Crippen molar-refractivity contribution in [3.8, 4) is 0 Å². The van der Waals surface area contributed by atoms with E-state index in [1.807, 2.05) is 0 Å². The van der Waals surface area contributed by atoms with E-state index in [-0.39, 0.29) is 18.2 Å². The Bertz CT molecular complexity index is 918. The van der Waals surface area contributed by atoms with Crippen molar-refractivity contribution in [1.29, 1.82) is 0 Å². The van der Waals surface area contributed by atoms with Crippen LogP contribution in [0.2, 0.25) is 0 Å². The maximum Gasteiger partial charge on any atom is 0.416 e. The molecule has 0 unspecified atom stereocenters. The van der Waals surface area contributed by atoms with Crippen LogP contribution >= 0.6 is 0 Å². The molecule has 3 nitrogen and oxygen atoms in total. The number of rotatable bonds is 7. The fourth-order valence-electron chi connectivity index (χ4n) is 2.97. The largest absolute Gasteiger partial charge is 0.466 e. The zero-order chi connectivity index (χ0) is 24.2. The number of hydrogen-bond donors (Lipinski definition) is 0. The number of hydrogen-bond acceptors (Lipinski definition) is 3. The van der Waals surface area contributed by atoms with Gasteiger partial charge in [-0.3, -0.25) is 0 Å². The van der Waals surface area contributed by atoms with Gasteiger partial charge in [0.25, 0.3) is 0 Å². The van der Waals surface area contributed by atoms with Crippen LogP contribution in [0, 0.1) is 0 Å². The van der Waals surface area contributed by atoms with Crippen molar-refractivity contribution >= 4 is 5.97 Å². The summed E-state index contributed by atoms with van der Waals surface area (Å²) in [5.41, 5.74) is -3.26. The summed E-state index contributed by atoms with van der Waals surface area (Å²) < 4.78 is 89.2. The lowest BCUT2D eigenvalue weighted by atomic mass is 9.83. The second-order valence-electron chi connectivity index (χ2n) is 7.43. The summed E-state index contributed by atoms with van der Waals surface area (Å²) in [6.45, 7) is 2.97. The SMILES string of the molecule is COC(=O)/C=C\[C@@](C)(CO[C@H](C)c1cc(C(F)(F)F)cc(C(F)(F)F)c1)c1ccccc1. The van der Waals surface area contributed by atoms with Gasteiger partial charge in [-0.2, -0.15) is 26.3 Å². The summed E-state index contributed by atoms with van der Waals surface area (Å²) in [5, 5.41) is 0. The molecule has 2 aromatic carbocycles. The van der Waals surface area contributed by atoms with E-state index in [1.165, 1.54) is 26.2 Å². The Kier molecular flexibility index (Phi) is 7.77. The lowest BCUT2D eigenvalue weighted by Crippen LogP contribution is -2.27. The predicted molar refractivity (Wildman–Crippen MR) is 106 cm³/mol. The predicted octanol–water partition coefficient (Wildman–Crippen LogP) is 6.49. The van der Waals surface area contributed by atoms with Gasteiger partial charge in [0.1, 0.15) is 0 Å². The molecule has 174 valence electrons. The molecule has 32 heavy (non-hydrogen) atoms. The van der Waals surface area contributed by atoms with E-state index in [4.69, 9.17) is 4.74 Å². The molecule has 0 saturated carbocycles. The van der Waals surface area contributed by atoms with Gasteiger partial charge >= 0.3 is 18.3 Å². The Morgan fingerprint density at radius 3 is 1.94 bits per heavy atom. The average Bonchev–Trinajstić information content (AvgIpc) is 2.74. The molecule has 0 radical (unpaired) electrons. The topological polar surface area (TPSA) is 35.5 Å². The molecule has 0 saturated heterocycles. The highest BCUT2D eigenvalue weighted by Gasteiger charge is 2.37. The van der Waals surface area contributed by atoms with Crippen LogP contribution in [0.1, 0.15) is 42.2 Å². The standard InChI is InChI=1S/C23H22F6O3/c1-15(16-11-18(22(24,25)26)13-19(12-16)23(27,28)29)32-14-21(2,10-9-20(30)31-3)17-7-5-4-6-8-17/h4-13,15H,14H2,1-3H3/b10-9-/t15-,21+/m1/s1. The summed E-state index contributed by atoms with van der Waals surface area (Å²) in [6.07, 6.45) is -8.27. The van der Waals surface area contributed by atoms with Crippen LogP contribution in [-0.4, -0.2) is 19.7 Å². The van der Waals surface area contributed by atoms with E-state index < -0.39 is 41.0 Å². The first-order chi connectivity index (χ1) is 14.8. The molecular weight excluding hydrogens is 438 g/mol. The van der Waals surface area contributed by atoms with E-state index >= 15 is 0 Å². The molecule has 0 spiro atoms. The second-order valence-corrected chi connectivity index (χ2v) is 7.43. The van der Waals surface area contributed by atoms with Crippen LogP contribution in [0.5, 0.6) is 0 Å². The number of carbonyl (C=O) groups excluding carboxylic acids is 1. The first kappa shape index (κ1) is 25.5. The molecule has 2 aromatic rings. The quantitative estimate of drug-likeness (QED) is 0.269. The van der Waals surface area contributed by atoms with Gasteiger partial charge in [-0.15, -0.1) is 0 Å². The Labute approximate surface area is 181 Å². The van der Waals surface area contributed by atoms with Crippen LogP contribution in [0.4, 0.5) is 26.3 Å². The maximum atomic E-state index is 13.1. The fraction of sp³-hybridized carbons (Fsp3) is 0.348. The highest BCUT2D eigenvalue weighted by atomic mass is 19.4. The van der Waals surface area contributed by atoms with Gasteiger partial charge in [0.2, 0.25) is 0 Å². The first-order valence-corrected chi connectivity index (χ1v) is 9.50. The van der Waals surface area contributed by atoms with Gasteiger partial charge in [0.05, 0.1) is 30.9 Å². The number of halogens is 6. The molecule has 0 amide bonds. The zero-order valence-electron chi connectivity index (χ0n) is 17.6. The Balaban J connectivity index is 2.36. The highest BCUT2D eigenvalue weighted by molar-refractivity contribution is 5.82. The third kappa shape index (κ3) is 6.59. The molecule has 0 aliphatic rings. The van der Waals surface area contributed by atoms with Crippen LogP contribution in [0.3, 0.4) is 0 Å². The minimum Gasteiger partial charge on any atom is -0.466 e. The third-order valence-electron chi connectivity index (χ3n) is 4.93. The Morgan fingerprint density at radius 1 is 0.938 bits per heavy atom. The van der Waals surface area contributed by atoms with Gasteiger partial charge in [-0.25, -0.2) is 4.79 Å². The summed E-state index contributed by atoms with van der Waals surface area (Å²) in [6, 6.07) is 10.2. The van der Waals surface area contributed by atoms with Crippen LogP contribution in [0.25, 0.3) is 0 Å². The van der Waals surface area contributed by atoms with Crippen molar-refractivity contribution in [1.82, 2.24) is 0 Å². The molecule has 0 bridgehead atoms. The van der Waals surface area contributed by atoms with E-state index in [0.29, 0.717) is 12.1 Å². The summed E-state index contributed by atoms with van der Waals surface area (Å²) >= 11 is 0. The number of benzene rings is 2. The molecule has 0 heterocycles. The van der Waals surface area contributed by atoms with Gasteiger partial charge in [-0.05, 0) is 43.2 Å². The minimum absolute atomic E-state index is 0.0728. The van der Waals surface area contributed by atoms with Gasteiger partial charge in [0, 0.05) is 11.5 Å².